The van der Waals surface area contributed by atoms with Crippen LogP contribution < -0.4 is 5.73 Å². The number of hydrogen-bond acceptors (Lipinski definition) is 3. The van der Waals surface area contributed by atoms with E-state index in [-0.39, 0.29) is 17.7 Å². The van der Waals surface area contributed by atoms with Gasteiger partial charge in [0.25, 0.3) is 5.91 Å². The summed E-state index contributed by atoms with van der Waals surface area (Å²) in [5.74, 6) is -0.433. The highest BCUT2D eigenvalue weighted by molar-refractivity contribution is 6.15. The maximum absolute atomic E-state index is 13.1. The molecule has 2 N–H and O–H groups in total. The van der Waals surface area contributed by atoms with E-state index in [0.717, 1.165) is 21.7 Å². The number of nitrogens with two attached hydrogens (primary N) is 1. The van der Waals surface area contributed by atoms with Crippen LogP contribution in [-0.4, -0.2) is 34.8 Å². The van der Waals surface area contributed by atoms with Gasteiger partial charge in [-0.2, -0.15) is 0 Å². The van der Waals surface area contributed by atoms with Gasteiger partial charge in [-0.3, -0.25) is 14.6 Å². The molecule has 0 spiro atoms. The molecule has 2 heterocycles. The summed E-state index contributed by atoms with van der Waals surface area (Å²) in [6.07, 6.45) is 2.97. The van der Waals surface area contributed by atoms with Crippen molar-refractivity contribution < 1.29 is 9.59 Å². The summed E-state index contributed by atoms with van der Waals surface area (Å²) in [6, 6.07) is 13.8. The maximum atomic E-state index is 13.1. The molecule has 25 heavy (non-hydrogen) atoms. The van der Waals surface area contributed by atoms with Crippen LogP contribution in [0.1, 0.15) is 23.2 Å². The average Bonchev–Trinajstić information content (AvgIpc) is 2.67. The molecule has 2 amide bonds. The Kier molecular flexibility index (Phi) is 3.84. The van der Waals surface area contributed by atoms with Crippen molar-refractivity contribution in [3.8, 4) is 0 Å². The third-order valence-corrected chi connectivity index (χ3v) is 5.03. The number of carbonyl (C=O) groups excluding carboxylic acids is 2. The second-order valence-electron chi connectivity index (χ2n) is 6.51. The summed E-state index contributed by atoms with van der Waals surface area (Å²) >= 11 is 0. The second kappa shape index (κ2) is 6.16. The van der Waals surface area contributed by atoms with E-state index in [1.807, 2.05) is 42.5 Å². The first-order chi connectivity index (χ1) is 12.1. The highest BCUT2D eigenvalue weighted by atomic mass is 16.2. The third-order valence-electron chi connectivity index (χ3n) is 5.03. The number of aromatic nitrogens is 1. The fourth-order valence-electron chi connectivity index (χ4n) is 3.63. The summed E-state index contributed by atoms with van der Waals surface area (Å²) in [5.41, 5.74) is 6.73. The van der Waals surface area contributed by atoms with E-state index in [1.165, 1.54) is 0 Å². The number of rotatable bonds is 2. The monoisotopic (exact) mass is 333 g/mol. The molecule has 126 valence electrons. The summed E-state index contributed by atoms with van der Waals surface area (Å²) in [7, 11) is 0. The third kappa shape index (κ3) is 2.71. The van der Waals surface area contributed by atoms with Crippen LogP contribution in [0.25, 0.3) is 21.7 Å². The molecule has 1 aliphatic rings. The van der Waals surface area contributed by atoms with E-state index < -0.39 is 0 Å². The lowest BCUT2D eigenvalue weighted by Crippen LogP contribution is -2.41. The molecular formula is C20H19N3O2. The smallest absolute Gasteiger partial charge is 0.256 e. The topological polar surface area (TPSA) is 76.3 Å². The van der Waals surface area contributed by atoms with Gasteiger partial charge in [0.1, 0.15) is 0 Å². The van der Waals surface area contributed by atoms with E-state index in [1.54, 1.807) is 11.1 Å². The fourth-order valence-corrected chi connectivity index (χ4v) is 3.63. The van der Waals surface area contributed by atoms with Gasteiger partial charge < -0.3 is 10.6 Å². The van der Waals surface area contributed by atoms with E-state index in [4.69, 9.17) is 5.73 Å². The molecule has 2 aromatic carbocycles. The first kappa shape index (κ1) is 15.6. The molecule has 0 saturated carbocycles. The second-order valence-corrected chi connectivity index (χ2v) is 6.51. The SMILES string of the molecule is NC(=O)C1CCN(C(=O)c2cc3ccccc3c3cccnc23)CC1. The summed E-state index contributed by atoms with van der Waals surface area (Å²) in [6.45, 7) is 1.10. The van der Waals surface area contributed by atoms with E-state index >= 15 is 0 Å². The lowest BCUT2D eigenvalue weighted by atomic mass is 9.95. The summed E-state index contributed by atoms with van der Waals surface area (Å²) in [4.78, 5) is 30.7. The Balaban J connectivity index is 1.75. The predicted octanol–water partition coefficient (Wildman–Crippen LogP) is 2.73. The Morgan fingerprint density at radius 1 is 1.04 bits per heavy atom. The molecule has 5 nitrogen and oxygen atoms in total. The van der Waals surface area contributed by atoms with Gasteiger partial charge in [0.15, 0.2) is 0 Å². The van der Waals surface area contributed by atoms with Crippen molar-refractivity contribution in [1.82, 2.24) is 9.88 Å². The molecule has 0 unspecified atom stereocenters. The summed E-state index contributed by atoms with van der Waals surface area (Å²) in [5, 5.41) is 3.10. The number of hydrogen-bond donors (Lipinski definition) is 1. The number of piperidine rings is 1. The van der Waals surface area contributed by atoms with Crippen LogP contribution in [0.3, 0.4) is 0 Å². The minimum atomic E-state index is -0.273. The normalized spacial score (nSPS) is 15.6. The van der Waals surface area contributed by atoms with Gasteiger partial charge in [0, 0.05) is 30.6 Å². The number of amides is 2. The van der Waals surface area contributed by atoms with Crippen molar-refractivity contribution in [1.29, 1.82) is 0 Å². The van der Waals surface area contributed by atoms with Crippen molar-refractivity contribution in [2.45, 2.75) is 12.8 Å². The molecule has 1 fully saturated rings. The molecule has 1 aliphatic heterocycles. The first-order valence-electron chi connectivity index (χ1n) is 8.50. The van der Waals surface area contributed by atoms with Gasteiger partial charge in [0.05, 0.1) is 11.1 Å². The zero-order chi connectivity index (χ0) is 17.4. The lowest BCUT2D eigenvalue weighted by molar-refractivity contribution is -0.123. The molecule has 4 rings (SSSR count). The first-order valence-corrected chi connectivity index (χ1v) is 8.50. The predicted molar refractivity (Wildman–Crippen MR) is 97.1 cm³/mol. The number of nitrogens with zero attached hydrogens (tertiary/aromatic N) is 2. The maximum Gasteiger partial charge on any atom is 0.256 e. The Morgan fingerprint density at radius 2 is 1.76 bits per heavy atom. The quantitative estimate of drug-likeness (QED) is 0.733. The van der Waals surface area contributed by atoms with E-state index in [9.17, 15) is 9.59 Å². The van der Waals surface area contributed by atoms with Crippen LogP contribution >= 0.6 is 0 Å². The Morgan fingerprint density at radius 3 is 2.52 bits per heavy atom. The largest absolute Gasteiger partial charge is 0.369 e. The highest BCUT2D eigenvalue weighted by Crippen LogP contribution is 2.29. The highest BCUT2D eigenvalue weighted by Gasteiger charge is 2.27. The van der Waals surface area contributed by atoms with Gasteiger partial charge in [-0.15, -0.1) is 0 Å². The van der Waals surface area contributed by atoms with E-state index in [0.29, 0.717) is 31.5 Å². The molecule has 1 aromatic heterocycles. The molecule has 0 aliphatic carbocycles. The number of pyridine rings is 1. The number of likely N-dealkylation sites (tertiary alicyclic amines) is 1. The Labute approximate surface area is 145 Å². The lowest BCUT2D eigenvalue weighted by Gasteiger charge is -2.30. The number of carbonyl (C=O) groups is 2. The van der Waals surface area contributed by atoms with Gasteiger partial charge in [0.2, 0.25) is 5.91 Å². The van der Waals surface area contributed by atoms with Crippen molar-refractivity contribution in [2.75, 3.05) is 13.1 Å². The Bertz CT molecular complexity index is 975. The van der Waals surface area contributed by atoms with Crippen molar-refractivity contribution >= 4 is 33.5 Å². The average molecular weight is 333 g/mol. The van der Waals surface area contributed by atoms with Gasteiger partial charge in [-0.05, 0) is 35.7 Å². The van der Waals surface area contributed by atoms with Crippen molar-refractivity contribution in [2.24, 2.45) is 11.7 Å². The summed E-state index contributed by atoms with van der Waals surface area (Å²) < 4.78 is 0. The van der Waals surface area contributed by atoms with E-state index in [2.05, 4.69) is 4.98 Å². The fraction of sp³-hybridized carbons (Fsp3) is 0.250. The van der Waals surface area contributed by atoms with Crippen LogP contribution in [0.5, 0.6) is 0 Å². The minimum absolute atomic E-state index is 0.0302. The van der Waals surface area contributed by atoms with Crippen LogP contribution in [0.15, 0.2) is 48.7 Å². The van der Waals surface area contributed by atoms with Crippen molar-refractivity contribution in [3.63, 3.8) is 0 Å². The molecular weight excluding hydrogens is 314 g/mol. The van der Waals surface area contributed by atoms with Gasteiger partial charge in [-0.25, -0.2) is 0 Å². The zero-order valence-corrected chi connectivity index (χ0v) is 13.8. The van der Waals surface area contributed by atoms with Crippen LogP contribution in [0, 0.1) is 5.92 Å². The zero-order valence-electron chi connectivity index (χ0n) is 13.8. The van der Waals surface area contributed by atoms with Gasteiger partial charge >= 0.3 is 0 Å². The molecule has 1 saturated heterocycles. The molecule has 5 heteroatoms. The molecule has 0 radical (unpaired) electrons. The molecule has 0 bridgehead atoms. The van der Waals surface area contributed by atoms with Crippen LogP contribution in [0.4, 0.5) is 0 Å². The van der Waals surface area contributed by atoms with Crippen LogP contribution in [0.2, 0.25) is 0 Å². The molecule has 0 atom stereocenters. The minimum Gasteiger partial charge on any atom is -0.369 e. The van der Waals surface area contributed by atoms with Crippen molar-refractivity contribution in [3.05, 3.63) is 54.2 Å². The number of primary amides is 1. The number of benzene rings is 2. The number of fused-ring (bicyclic) bond motifs is 3. The Hall–Kier alpha value is -2.95. The van der Waals surface area contributed by atoms with Crippen LogP contribution in [-0.2, 0) is 4.79 Å². The van der Waals surface area contributed by atoms with Gasteiger partial charge in [-0.1, -0.05) is 30.3 Å². The standard InChI is InChI=1S/C20H19N3O2/c21-19(24)13-7-10-23(11-8-13)20(25)17-12-14-4-1-2-5-15(14)16-6-3-9-22-18(16)17/h1-6,9,12-13H,7-8,10-11H2,(H2,21,24). The molecule has 3 aromatic rings.